The van der Waals surface area contributed by atoms with E-state index in [-0.39, 0.29) is 11.2 Å². The molecule has 0 aliphatic carbocycles. The average molecular weight is 338 g/mol. The summed E-state index contributed by atoms with van der Waals surface area (Å²) >= 11 is 1.89. The van der Waals surface area contributed by atoms with Crippen LogP contribution in [0.5, 0.6) is 0 Å². The van der Waals surface area contributed by atoms with Gasteiger partial charge < -0.3 is 4.74 Å². The second-order valence-electron chi connectivity index (χ2n) is 4.39. The zero-order valence-electron chi connectivity index (χ0n) is 9.54. The van der Waals surface area contributed by atoms with E-state index in [9.17, 15) is 9.59 Å². The Morgan fingerprint density at radius 3 is 2.62 bits per heavy atom. The molecule has 0 saturated carbocycles. The summed E-state index contributed by atoms with van der Waals surface area (Å²) in [5, 5.41) is 0. The molecule has 0 bridgehead atoms. The molecule has 0 unspecified atom stereocenters. The van der Waals surface area contributed by atoms with Gasteiger partial charge in [-0.3, -0.25) is 14.3 Å². The van der Waals surface area contributed by atoms with Gasteiger partial charge in [0.05, 0.1) is 22.3 Å². The Kier molecular flexibility index (Phi) is 4.31. The Morgan fingerprint density at radius 1 is 1.44 bits per heavy atom. The van der Waals surface area contributed by atoms with Crippen LogP contribution in [0.15, 0.2) is 15.8 Å². The Bertz CT molecular complexity index is 470. The molecule has 1 N–H and O–H groups in total. The monoisotopic (exact) mass is 338 g/mol. The van der Waals surface area contributed by atoms with E-state index in [1.54, 1.807) is 0 Å². The van der Waals surface area contributed by atoms with Crippen LogP contribution in [0.25, 0.3) is 0 Å². The number of nitrogens with one attached hydrogen (secondary N) is 1. The zero-order valence-corrected chi connectivity index (χ0v) is 11.7. The number of rotatable bonds is 3. The van der Waals surface area contributed by atoms with E-state index in [2.05, 4.69) is 4.98 Å². The molecule has 0 atom stereocenters. The third-order valence-corrected chi connectivity index (χ3v) is 2.60. The first-order valence-corrected chi connectivity index (χ1v) is 6.01. The van der Waals surface area contributed by atoms with Crippen molar-refractivity contribution < 1.29 is 4.74 Å². The SMILES string of the molecule is CC(C)(C)OCCn1cc(I)c(=O)[nH]c1=O. The van der Waals surface area contributed by atoms with Gasteiger partial charge in [0, 0.05) is 6.20 Å². The third kappa shape index (κ3) is 4.09. The number of hydrogen-bond donors (Lipinski definition) is 1. The van der Waals surface area contributed by atoms with Crippen molar-refractivity contribution in [2.45, 2.75) is 32.9 Å². The van der Waals surface area contributed by atoms with Gasteiger partial charge in [-0.05, 0) is 43.4 Å². The van der Waals surface area contributed by atoms with Crippen LogP contribution in [0.1, 0.15) is 20.8 Å². The van der Waals surface area contributed by atoms with E-state index >= 15 is 0 Å². The predicted octanol–water partition coefficient (Wildman–Crippen LogP) is 0.956. The van der Waals surface area contributed by atoms with Gasteiger partial charge in [0.1, 0.15) is 0 Å². The maximum atomic E-state index is 11.4. The molecule has 6 heteroatoms. The molecular weight excluding hydrogens is 323 g/mol. The Labute approximate surface area is 107 Å². The first-order valence-electron chi connectivity index (χ1n) is 4.93. The van der Waals surface area contributed by atoms with E-state index in [1.807, 2.05) is 43.4 Å². The number of nitrogens with zero attached hydrogens (tertiary/aromatic N) is 1. The normalized spacial score (nSPS) is 11.8. The number of H-pyrrole nitrogens is 1. The lowest BCUT2D eigenvalue weighted by Gasteiger charge is -2.19. The second kappa shape index (κ2) is 5.13. The van der Waals surface area contributed by atoms with E-state index < -0.39 is 5.69 Å². The highest BCUT2D eigenvalue weighted by atomic mass is 127. The lowest BCUT2D eigenvalue weighted by atomic mass is 10.2. The molecular formula is C10H15IN2O3. The fourth-order valence-electron chi connectivity index (χ4n) is 1.10. The smallest absolute Gasteiger partial charge is 0.328 e. The molecule has 16 heavy (non-hydrogen) atoms. The van der Waals surface area contributed by atoms with Gasteiger partial charge in [-0.1, -0.05) is 0 Å². The molecule has 90 valence electrons. The lowest BCUT2D eigenvalue weighted by molar-refractivity contribution is -0.00727. The quantitative estimate of drug-likeness (QED) is 0.835. The summed E-state index contributed by atoms with van der Waals surface area (Å²) in [6, 6.07) is 0. The third-order valence-electron chi connectivity index (χ3n) is 1.83. The first-order chi connectivity index (χ1) is 7.29. The molecule has 0 fully saturated rings. The number of aromatic amines is 1. The molecule has 0 amide bonds. The van der Waals surface area contributed by atoms with Crippen LogP contribution in [0, 0.1) is 3.57 Å². The number of ether oxygens (including phenoxy) is 1. The van der Waals surface area contributed by atoms with Gasteiger partial charge in [0.2, 0.25) is 0 Å². The summed E-state index contributed by atoms with van der Waals surface area (Å²) in [5.74, 6) is 0. The van der Waals surface area contributed by atoms with Crippen LogP contribution < -0.4 is 11.2 Å². The van der Waals surface area contributed by atoms with Gasteiger partial charge in [-0.25, -0.2) is 4.79 Å². The van der Waals surface area contributed by atoms with Gasteiger partial charge in [-0.2, -0.15) is 0 Å². The van der Waals surface area contributed by atoms with Crippen LogP contribution in [-0.4, -0.2) is 21.8 Å². The predicted molar refractivity (Wildman–Crippen MR) is 69.7 cm³/mol. The van der Waals surface area contributed by atoms with Crippen LogP contribution >= 0.6 is 22.6 Å². The van der Waals surface area contributed by atoms with Crippen molar-refractivity contribution >= 4 is 22.6 Å². The maximum absolute atomic E-state index is 11.4. The molecule has 1 heterocycles. The van der Waals surface area contributed by atoms with Crippen molar-refractivity contribution in [3.63, 3.8) is 0 Å². The van der Waals surface area contributed by atoms with Crippen LogP contribution in [0.3, 0.4) is 0 Å². The van der Waals surface area contributed by atoms with Gasteiger partial charge in [0.15, 0.2) is 0 Å². The summed E-state index contributed by atoms with van der Waals surface area (Å²) in [6.45, 7) is 6.72. The van der Waals surface area contributed by atoms with Crippen LogP contribution in [0.4, 0.5) is 0 Å². The molecule has 0 aromatic carbocycles. The summed E-state index contributed by atoms with van der Waals surface area (Å²) in [6.07, 6.45) is 1.54. The summed E-state index contributed by atoms with van der Waals surface area (Å²) in [5.41, 5.74) is -0.972. The largest absolute Gasteiger partial charge is 0.374 e. The number of halogens is 1. The van der Waals surface area contributed by atoms with Crippen molar-refractivity contribution in [1.29, 1.82) is 0 Å². The van der Waals surface area contributed by atoms with E-state index in [1.165, 1.54) is 10.8 Å². The number of hydrogen-bond acceptors (Lipinski definition) is 3. The van der Waals surface area contributed by atoms with E-state index in [4.69, 9.17) is 4.74 Å². The molecule has 0 aliphatic heterocycles. The second-order valence-corrected chi connectivity index (χ2v) is 5.55. The molecule has 0 aliphatic rings. The first kappa shape index (κ1) is 13.4. The summed E-state index contributed by atoms with van der Waals surface area (Å²) in [7, 11) is 0. The van der Waals surface area contributed by atoms with Crippen molar-refractivity contribution in [1.82, 2.24) is 9.55 Å². The summed E-state index contributed by atoms with van der Waals surface area (Å²) in [4.78, 5) is 24.8. The zero-order chi connectivity index (χ0) is 12.3. The highest BCUT2D eigenvalue weighted by molar-refractivity contribution is 14.1. The fourth-order valence-corrected chi connectivity index (χ4v) is 1.57. The molecule has 0 spiro atoms. The van der Waals surface area contributed by atoms with Crippen molar-refractivity contribution in [3.8, 4) is 0 Å². The minimum absolute atomic E-state index is 0.223. The van der Waals surface area contributed by atoms with Crippen molar-refractivity contribution in [2.24, 2.45) is 0 Å². The standard InChI is InChI=1S/C10H15IN2O3/c1-10(2,3)16-5-4-13-6-7(11)8(14)12-9(13)15/h6H,4-5H2,1-3H3,(H,12,14,15). The fraction of sp³-hybridized carbons (Fsp3) is 0.600. The molecule has 1 aromatic rings. The van der Waals surface area contributed by atoms with Gasteiger partial charge in [-0.15, -0.1) is 0 Å². The molecule has 1 aromatic heterocycles. The van der Waals surface area contributed by atoms with Gasteiger partial charge >= 0.3 is 5.69 Å². The maximum Gasteiger partial charge on any atom is 0.328 e. The highest BCUT2D eigenvalue weighted by Crippen LogP contribution is 2.06. The van der Waals surface area contributed by atoms with E-state index in [0.717, 1.165) is 0 Å². The van der Waals surface area contributed by atoms with Gasteiger partial charge in [0.25, 0.3) is 5.56 Å². The van der Waals surface area contributed by atoms with Crippen LogP contribution in [-0.2, 0) is 11.3 Å². The minimum Gasteiger partial charge on any atom is -0.374 e. The van der Waals surface area contributed by atoms with Crippen molar-refractivity contribution in [3.05, 3.63) is 30.6 Å². The average Bonchev–Trinajstić information content (AvgIpc) is 2.11. The topological polar surface area (TPSA) is 64.1 Å². The minimum atomic E-state index is -0.400. The summed E-state index contributed by atoms with van der Waals surface area (Å²) < 4.78 is 7.44. The molecule has 0 radical (unpaired) electrons. The number of aromatic nitrogens is 2. The van der Waals surface area contributed by atoms with Crippen molar-refractivity contribution in [2.75, 3.05) is 6.61 Å². The molecule has 0 saturated heterocycles. The Balaban J connectivity index is 2.72. The van der Waals surface area contributed by atoms with E-state index in [0.29, 0.717) is 16.7 Å². The lowest BCUT2D eigenvalue weighted by Crippen LogP contribution is -2.33. The molecule has 5 nitrogen and oxygen atoms in total. The Hall–Kier alpha value is -0.630. The Morgan fingerprint density at radius 2 is 2.06 bits per heavy atom. The highest BCUT2D eigenvalue weighted by Gasteiger charge is 2.10. The molecule has 1 rings (SSSR count). The van der Waals surface area contributed by atoms with Crippen LogP contribution in [0.2, 0.25) is 0 Å².